The van der Waals surface area contributed by atoms with Crippen LogP contribution in [0.3, 0.4) is 0 Å². The predicted octanol–water partition coefficient (Wildman–Crippen LogP) is 3.37. The van der Waals surface area contributed by atoms with E-state index in [1.807, 2.05) is 13.0 Å². The van der Waals surface area contributed by atoms with E-state index in [-0.39, 0.29) is 6.10 Å². The molecule has 0 aliphatic rings. The van der Waals surface area contributed by atoms with Crippen molar-refractivity contribution in [3.05, 3.63) is 22.2 Å². The maximum Gasteiger partial charge on any atom is 0.175 e. The summed E-state index contributed by atoms with van der Waals surface area (Å²) in [5.74, 6) is 1.52. The molecule has 1 unspecified atom stereocenters. The van der Waals surface area contributed by atoms with Gasteiger partial charge in [-0.15, -0.1) is 0 Å². The second-order valence-electron chi connectivity index (χ2n) is 4.63. The van der Waals surface area contributed by atoms with Crippen LogP contribution in [0.1, 0.15) is 25.8 Å². The van der Waals surface area contributed by atoms with Crippen molar-refractivity contribution in [3.63, 3.8) is 0 Å². The molecule has 0 amide bonds. The first-order valence-corrected chi connectivity index (χ1v) is 7.64. The average Bonchev–Trinajstić information content (AvgIpc) is 2.45. The van der Waals surface area contributed by atoms with Crippen LogP contribution < -0.4 is 14.8 Å². The number of rotatable bonds is 9. The third kappa shape index (κ3) is 5.31. The van der Waals surface area contributed by atoms with Gasteiger partial charge in [0, 0.05) is 20.2 Å². The Morgan fingerprint density at radius 3 is 2.65 bits per heavy atom. The first kappa shape index (κ1) is 17.3. The molecule has 0 saturated heterocycles. The molecule has 1 N–H and O–H groups in total. The van der Waals surface area contributed by atoms with Crippen LogP contribution in [0.25, 0.3) is 0 Å². The lowest BCUT2D eigenvalue weighted by molar-refractivity contribution is 0.117. The van der Waals surface area contributed by atoms with Gasteiger partial charge < -0.3 is 19.5 Å². The van der Waals surface area contributed by atoms with Gasteiger partial charge in [0.05, 0.1) is 24.3 Å². The van der Waals surface area contributed by atoms with Gasteiger partial charge in [0.25, 0.3) is 0 Å². The van der Waals surface area contributed by atoms with Crippen molar-refractivity contribution in [2.45, 2.75) is 32.9 Å². The van der Waals surface area contributed by atoms with E-state index >= 15 is 0 Å². The molecule has 5 heteroatoms. The minimum absolute atomic E-state index is 0.201. The number of methoxy groups -OCH3 is 2. The molecule has 0 heterocycles. The molecular weight excluding hydrogens is 322 g/mol. The van der Waals surface area contributed by atoms with Crippen LogP contribution in [0.5, 0.6) is 11.5 Å². The van der Waals surface area contributed by atoms with Crippen molar-refractivity contribution in [2.75, 3.05) is 27.4 Å². The molecule has 1 rings (SSSR count). The van der Waals surface area contributed by atoms with E-state index in [9.17, 15) is 0 Å². The third-order valence-corrected chi connectivity index (χ3v) is 3.49. The summed E-state index contributed by atoms with van der Waals surface area (Å²) in [6.45, 7) is 6.36. The van der Waals surface area contributed by atoms with Crippen molar-refractivity contribution in [2.24, 2.45) is 0 Å². The topological polar surface area (TPSA) is 39.7 Å². The summed E-state index contributed by atoms with van der Waals surface area (Å²) in [5.41, 5.74) is 1.14. The fraction of sp³-hybridized carbons (Fsp3) is 0.600. The molecule has 0 aliphatic heterocycles. The van der Waals surface area contributed by atoms with Crippen LogP contribution in [-0.4, -0.2) is 33.5 Å². The van der Waals surface area contributed by atoms with E-state index in [1.165, 1.54) is 0 Å². The zero-order valence-corrected chi connectivity index (χ0v) is 14.2. The summed E-state index contributed by atoms with van der Waals surface area (Å²) in [7, 11) is 3.37. The van der Waals surface area contributed by atoms with Crippen LogP contribution >= 0.6 is 15.9 Å². The van der Waals surface area contributed by atoms with Crippen molar-refractivity contribution < 1.29 is 14.2 Å². The molecule has 1 aromatic rings. The summed E-state index contributed by atoms with van der Waals surface area (Å²) in [4.78, 5) is 0. The first-order chi connectivity index (χ1) is 9.62. The molecule has 0 fully saturated rings. The number of hydrogen-bond acceptors (Lipinski definition) is 4. The summed E-state index contributed by atoms with van der Waals surface area (Å²) >= 11 is 3.55. The quantitative estimate of drug-likeness (QED) is 0.744. The lowest BCUT2D eigenvalue weighted by Gasteiger charge is -2.15. The van der Waals surface area contributed by atoms with Crippen LogP contribution in [0.15, 0.2) is 16.6 Å². The molecular formula is C15H24BrNO3. The molecule has 0 bridgehead atoms. The van der Waals surface area contributed by atoms with E-state index in [4.69, 9.17) is 14.2 Å². The van der Waals surface area contributed by atoms with E-state index in [0.717, 1.165) is 41.0 Å². The number of halogens is 1. The molecule has 0 saturated carbocycles. The average molecular weight is 346 g/mol. The van der Waals surface area contributed by atoms with Gasteiger partial charge in [0.2, 0.25) is 0 Å². The Hall–Kier alpha value is -0.780. The largest absolute Gasteiger partial charge is 0.493 e. The minimum atomic E-state index is 0.201. The molecule has 114 valence electrons. The smallest absolute Gasteiger partial charge is 0.175 e. The lowest BCUT2D eigenvalue weighted by Crippen LogP contribution is -2.25. The molecule has 0 spiro atoms. The van der Waals surface area contributed by atoms with Crippen LogP contribution in [-0.2, 0) is 11.3 Å². The molecule has 20 heavy (non-hydrogen) atoms. The summed E-state index contributed by atoms with van der Waals surface area (Å²) < 4.78 is 17.2. The minimum Gasteiger partial charge on any atom is -0.493 e. The molecule has 1 atom stereocenters. The van der Waals surface area contributed by atoms with Gasteiger partial charge in [0.15, 0.2) is 11.5 Å². The van der Waals surface area contributed by atoms with E-state index in [0.29, 0.717) is 6.61 Å². The van der Waals surface area contributed by atoms with Gasteiger partial charge in [-0.25, -0.2) is 0 Å². The maximum absolute atomic E-state index is 5.71. The van der Waals surface area contributed by atoms with Gasteiger partial charge in [-0.1, -0.05) is 6.92 Å². The fourth-order valence-electron chi connectivity index (χ4n) is 1.72. The highest BCUT2D eigenvalue weighted by Gasteiger charge is 2.11. The van der Waals surface area contributed by atoms with Crippen LogP contribution in [0.4, 0.5) is 0 Å². The first-order valence-electron chi connectivity index (χ1n) is 6.85. The Morgan fingerprint density at radius 2 is 2.05 bits per heavy atom. The van der Waals surface area contributed by atoms with Crippen LogP contribution in [0.2, 0.25) is 0 Å². The normalized spacial score (nSPS) is 12.2. The van der Waals surface area contributed by atoms with Gasteiger partial charge in [-0.05, 0) is 47.0 Å². The van der Waals surface area contributed by atoms with Gasteiger partial charge in [-0.2, -0.15) is 0 Å². The third-order valence-electron chi connectivity index (χ3n) is 2.90. The summed E-state index contributed by atoms with van der Waals surface area (Å²) in [6, 6.07) is 4.05. The summed E-state index contributed by atoms with van der Waals surface area (Å²) in [6.07, 6.45) is 1.17. The predicted molar refractivity (Wildman–Crippen MR) is 84.7 cm³/mol. The zero-order chi connectivity index (χ0) is 15.0. The highest BCUT2D eigenvalue weighted by Crippen LogP contribution is 2.36. The standard InChI is InChI=1S/C15H24BrNO3/c1-5-6-20-15-13(16)7-12(8-14(15)19-4)10-17-9-11(2)18-3/h7-8,11,17H,5-6,9-10H2,1-4H3. The number of benzene rings is 1. The Kier molecular flexibility index (Phi) is 7.95. The Balaban J connectivity index is 2.71. The van der Waals surface area contributed by atoms with Crippen molar-refractivity contribution in [1.29, 1.82) is 0 Å². The van der Waals surface area contributed by atoms with Gasteiger partial charge in [0.1, 0.15) is 0 Å². The zero-order valence-electron chi connectivity index (χ0n) is 12.7. The van der Waals surface area contributed by atoms with Gasteiger partial charge >= 0.3 is 0 Å². The Bertz CT molecular complexity index is 412. The van der Waals surface area contributed by atoms with Crippen molar-refractivity contribution >= 4 is 15.9 Å². The van der Waals surface area contributed by atoms with E-state index in [1.54, 1.807) is 14.2 Å². The highest BCUT2D eigenvalue weighted by atomic mass is 79.9. The number of hydrogen-bond donors (Lipinski definition) is 1. The molecule has 0 aliphatic carbocycles. The van der Waals surface area contributed by atoms with Crippen LogP contribution in [0, 0.1) is 0 Å². The maximum atomic E-state index is 5.71. The number of nitrogens with one attached hydrogen (secondary N) is 1. The monoisotopic (exact) mass is 345 g/mol. The van der Waals surface area contributed by atoms with E-state index in [2.05, 4.69) is 34.2 Å². The number of ether oxygens (including phenoxy) is 3. The Morgan fingerprint density at radius 1 is 1.30 bits per heavy atom. The molecule has 4 nitrogen and oxygen atoms in total. The molecule has 0 radical (unpaired) electrons. The van der Waals surface area contributed by atoms with Crippen molar-refractivity contribution in [3.8, 4) is 11.5 Å². The summed E-state index contributed by atoms with van der Waals surface area (Å²) in [5, 5.41) is 3.35. The lowest BCUT2D eigenvalue weighted by atomic mass is 10.2. The SMILES string of the molecule is CCCOc1c(Br)cc(CNCC(C)OC)cc1OC. The van der Waals surface area contributed by atoms with Crippen molar-refractivity contribution in [1.82, 2.24) is 5.32 Å². The second kappa shape index (κ2) is 9.21. The van der Waals surface area contributed by atoms with E-state index < -0.39 is 0 Å². The fourth-order valence-corrected chi connectivity index (χ4v) is 2.33. The molecule has 1 aromatic carbocycles. The second-order valence-corrected chi connectivity index (χ2v) is 5.49. The highest BCUT2D eigenvalue weighted by molar-refractivity contribution is 9.10. The Labute approximate surface area is 129 Å². The molecule has 0 aromatic heterocycles. The van der Waals surface area contributed by atoms with Gasteiger partial charge in [-0.3, -0.25) is 0 Å².